The van der Waals surface area contributed by atoms with Crippen LogP contribution in [-0.4, -0.2) is 92.1 Å². The first-order chi connectivity index (χ1) is 11.7. The first kappa shape index (κ1) is 23.4. The summed E-state index contributed by atoms with van der Waals surface area (Å²) < 4.78 is 5.34. The van der Waals surface area contributed by atoms with Crippen molar-refractivity contribution in [3.05, 3.63) is 0 Å². The molecule has 1 atom stereocenters. The third-order valence-corrected chi connectivity index (χ3v) is 5.61. The summed E-state index contributed by atoms with van der Waals surface area (Å²) in [5, 5.41) is 0. The Balaban J connectivity index is 0.00000169. The Morgan fingerprint density at radius 3 is 2.35 bits per heavy atom. The molecule has 7 nitrogen and oxygen atoms in total. The van der Waals surface area contributed by atoms with Gasteiger partial charge in [0.05, 0.1) is 19.1 Å². The van der Waals surface area contributed by atoms with Gasteiger partial charge in [0, 0.05) is 52.2 Å². The van der Waals surface area contributed by atoms with Crippen LogP contribution in [-0.2, 0) is 14.3 Å². The van der Waals surface area contributed by atoms with Crippen molar-refractivity contribution in [2.45, 2.75) is 19.3 Å². The third-order valence-electron chi connectivity index (χ3n) is 5.61. The number of hydrogen-bond donors (Lipinski definition) is 1. The van der Waals surface area contributed by atoms with Crippen molar-refractivity contribution in [2.24, 2.45) is 17.6 Å². The van der Waals surface area contributed by atoms with Crippen molar-refractivity contribution in [3.8, 4) is 0 Å². The van der Waals surface area contributed by atoms with Crippen molar-refractivity contribution >= 4 is 36.6 Å². The van der Waals surface area contributed by atoms with Crippen molar-refractivity contribution in [1.29, 1.82) is 0 Å². The van der Waals surface area contributed by atoms with Gasteiger partial charge in [-0.1, -0.05) is 0 Å². The molecule has 26 heavy (non-hydrogen) atoms. The van der Waals surface area contributed by atoms with Crippen LogP contribution in [0, 0.1) is 11.8 Å². The Morgan fingerprint density at radius 1 is 1.08 bits per heavy atom. The molecule has 3 aliphatic rings. The number of ether oxygens (including phenoxy) is 1. The molecule has 3 heterocycles. The number of carbonyl (C=O) groups excluding carboxylic acids is 2. The molecule has 152 valence electrons. The van der Waals surface area contributed by atoms with E-state index < -0.39 is 0 Å². The summed E-state index contributed by atoms with van der Waals surface area (Å²) in [6.07, 6.45) is 2.35. The monoisotopic (exact) mass is 410 g/mol. The fourth-order valence-electron chi connectivity index (χ4n) is 3.89. The molecular formula is C17H32Cl2N4O3. The van der Waals surface area contributed by atoms with Gasteiger partial charge in [0.15, 0.2) is 0 Å². The minimum Gasteiger partial charge on any atom is -0.379 e. The second-order valence-electron chi connectivity index (χ2n) is 7.20. The number of nitrogens with zero attached hydrogens (tertiary/aromatic N) is 3. The Kier molecular flexibility index (Phi) is 10.2. The van der Waals surface area contributed by atoms with Gasteiger partial charge in [-0.25, -0.2) is 0 Å². The molecule has 0 bridgehead atoms. The lowest BCUT2D eigenvalue weighted by molar-refractivity contribution is -0.137. The minimum absolute atomic E-state index is 0. The summed E-state index contributed by atoms with van der Waals surface area (Å²) in [7, 11) is 0. The largest absolute Gasteiger partial charge is 0.379 e. The van der Waals surface area contributed by atoms with Crippen molar-refractivity contribution in [1.82, 2.24) is 14.7 Å². The normalized spacial score (nSPS) is 25.0. The molecule has 2 amide bonds. The van der Waals surface area contributed by atoms with Gasteiger partial charge in [0.2, 0.25) is 11.8 Å². The molecule has 3 rings (SSSR count). The number of rotatable bonds is 5. The maximum atomic E-state index is 12.7. The van der Waals surface area contributed by atoms with E-state index in [0.29, 0.717) is 25.4 Å². The van der Waals surface area contributed by atoms with Gasteiger partial charge >= 0.3 is 0 Å². The summed E-state index contributed by atoms with van der Waals surface area (Å²) in [4.78, 5) is 31.0. The SMILES string of the molecule is Cl.Cl.NCC1CCN(C(=O)C2CC(=O)N(CCN3CCOCC3)C2)CC1. The van der Waals surface area contributed by atoms with Gasteiger partial charge in [0.25, 0.3) is 0 Å². The Hall–Kier alpha value is -0.600. The molecule has 0 aromatic rings. The van der Waals surface area contributed by atoms with Crippen molar-refractivity contribution in [3.63, 3.8) is 0 Å². The first-order valence-corrected chi connectivity index (χ1v) is 9.24. The molecule has 3 fully saturated rings. The maximum absolute atomic E-state index is 12.7. The first-order valence-electron chi connectivity index (χ1n) is 9.24. The van der Waals surface area contributed by atoms with Gasteiger partial charge in [-0.2, -0.15) is 0 Å². The number of morpholine rings is 1. The Bertz CT molecular complexity index is 455. The summed E-state index contributed by atoms with van der Waals surface area (Å²) >= 11 is 0. The topological polar surface area (TPSA) is 79.1 Å². The number of carbonyl (C=O) groups is 2. The predicted octanol–water partition coefficient (Wildman–Crippen LogP) is 0.208. The summed E-state index contributed by atoms with van der Waals surface area (Å²) in [5.41, 5.74) is 5.71. The van der Waals surface area contributed by atoms with Crippen molar-refractivity contribution < 1.29 is 14.3 Å². The number of halogens is 2. The van der Waals surface area contributed by atoms with Crippen LogP contribution in [0.25, 0.3) is 0 Å². The Morgan fingerprint density at radius 2 is 1.73 bits per heavy atom. The quantitative estimate of drug-likeness (QED) is 0.700. The van der Waals surface area contributed by atoms with Crippen LogP contribution in [0.4, 0.5) is 0 Å². The zero-order valence-corrected chi connectivity index (χ0v) is 16.9. The van der Waals surface area contributed by atoms with Gasteiger partial charge in [-0.15, -0.1) is 24.8 Å². The van der Waals surface area contributed by atoms with Gasteiger partial charge in [-0.3, -0.25) is 14.5 Å². The summed E-state index contributed by atoms with van der Waals surface area (Å²) in [6.45, 7) is 7.87. The lowest BCUT2D eigenvalue weighted by atomic mass is 9.95. The van der Waals surface area contributed by atoms with Crippen LogP contribution in [0.1, 0.15) is 19.3 Å². The molecule has 0 aromatic carbocycles. The lowest BCUT2D eigenvalue weighted by Gasteiger charge is -2.33. The third kappa shape index (κ3) is 5.96. The highest BCUT2D eigenvalue weighted by atomic mass is 35.5. The summed E-state index contributed by atoms with van der Waals surface area (Å²) in [6, 6.07) is 0. The highest BCUT2D eigenvalue weighted by molar-refractivity contribution is 5.89. The van der Waals surface area contributed by atoms with E-state index in [0.717, 1.165) is 65.3 Å². The van der Waals surface area contributed by atoms with E-state index in [1.165, 1.54) is 0 Å². The van der Waals surface area contributed by atoms with Crippen LogP contribution in [0.5, 0.6) is 0 Å². The van der Waals surface area contributed by atoms with Crippen LogP contribution in [0.15, 0.2) is 0 Å². The van der Waals surface area contributed by atoms with Gasteiger partial charge in [-0.05, 0) is 25.3 Å². The molecule has 0 aromatic heterocycles. The number of amides is 2. The van der Waals surface area contributed by atoms with Crippen LogP contribution in [0.3, 0.4) is 0 Å². The molecule has 1 unspecified atom stereocenters. The number of likely N-dealkylation sites (tertiary alicyclic amines) is 2. The van der Waals surface area contributed by atoms with Gasteiger partial charge < -0.3 is 20.3 Å². The molecule has 9 heteroatoms. The lowest BCUT2D eigenvalue weighted by Crippen LogP contribution is -2.44. The molecule has 0 radical (unpaired) electrons. The number of nitrogens with two attached hydrogens (primary N) is 1. The van der Waals surface area contributed by atoms with E-state index in [1.807, 2.05) is 9.80 Å². The molecule has 3 saturated heterocycles. The van der Waals surface area contributed by atoms with E-state index in [4.69, 9.17) is 10.5 Å². The molecular weight excluding hydrogens is 379 g/mol. The van der Waals surface area contributed by atoms with E-state index in [1.54, 1.807) is 0 Å². The van der Waals surface area contributed by atoms with Crippen LogP contribution < -0.4 is 5.73 Å². The molecule has 0 saturated carbocycles. The zero-order valence-electron chi connectivity index (χ0n) is 15.3. The average molecular weight is 411 g/mol. The molecule has 3 aliphatic heterocycles. The molecule has 0 spiro atoms. The highest BCUT2D eigenvalue weighted by Gasteiger charge is 2.37. The summed E-state index contributed by atoms with van der Waals surface area (Å²) in [5.74, 6) is 0.673. The van der Waals surface area contributed by atoms with Crippen LogP contribution >= 0.6 is 24.8 Å². The van der Waals surface area contributed by atoms with Gasteiger partial charge in [0.1, 0.15) is 0 Å². The van der Waals surface area contributed by atoms with E-state index in [9.17, 15) is 9.59 Å². The van der Waals surface area contributed by atoms with E-state index in [-0.39, 0.29) is 42.5 Å². The average Bonchev–Trinajstić information content (AvgIpc) is 3.01. The smallest absolute Gasteiger partial charge is 0.227 e. The zero-order chi connectivity index (χ0) is 16.9. The maximum Gasteiger partial charge on any atom is 0.227 e. The Labute approximate surface area is 168 Å². The second-order valence-corrected chi connectivity index (χ2v) is 7.20. The number of hydrogen-bond acceptors (Lipinski definition) is 5. The second kappa shape index (κ2) is 11.3. The minimum atomic E-state index is -0.156. The van der Waals surface area contributed by atoms with E-state index >= 15 is 0 Å². The van der Waals surface area contributed by atoms with E-state index in [2.05, 4.69) is 4.90 Å². The fraction of sp³-hybridized carbons (Fsp3) is 0.882. The predicted molar refractivity (Wildman–Crippen MR) is 105 cm³/mol. The molecule has 2 N–H and O–H groups in total. The fourth-order valence-corrected chi connectivity index (χ4v) is 3.89. The van der Waals surface area contributed by atoms with Crippen LogP contribution in [0.2, 0.25) is 0 Å². The highest BCUT2D eigenvalue weighted by Crippen LogP contribution is 2.23. The van der Waals surface area contributed by atoms with Crippen molar-refractivity contribution in [2.75, 3.05) is 65.6 Å². The number of piperidine rings is 1. The standard InChI is InChI=1S/C17H30N4O3.2ClH/c18-12-14-1-3-20(4-2-14)17(23)15-11-16(22)21(13-15)6-5-19-7-9-24-10-8-19;;/h14-15H,1-13,18H2;2*1H. The molecule has 0 aliphatic carbocycles.